The van der Waals surface area contributed by atoms with Crippen molar-refractivity contribution in [2.24, 2.45) is 0 Å². The lowest BCUT2D eigenvalue weighted by Gasteiger charge is -2.22. The average molecular weight is 337 g/mol. The van der Waals surface area contributed by atoms with E-state index in [-0.39, 0.29) is 5.50 Å². The Bertz CT molecular complexity index is 871. The molecule has 0 saturated heterocycles. The maximum atomic E-state index is 6.04. The number of ether oxygens (including phenoxy) is 1. The quantitative estimate of drug-likeness (QED) is 0.542. The highest BCUT2D eigenvalue weighted by atomic mass is 31.0. The Morgan fingerprint density at radius 3 is 2.67 bits per heavy atom. The Kier molecular flexibility index (Phi) is 4.46. The van der Waals surface area contributed by atoms with Crippen LogP contribution in [0.25, 0.3) is 16.9 Å². The fourth-order valence-corrected chi connectivity index (χ4v) is 2.85. The van der Waals surface area contributed by atoms with E-state index in [9.17, 15) is 0 Å². The van der Waals surface area contributed by atoms with E-state index in [1.54, 1.807) is 12.4 Å². The Morgan fingerprint density at radius 1 is 1.17 bits per heavy atom. The zero-order valence-corrected chi connectivity index (χ0v) is 15.6. The summed E-state index contributed by atoms with van der Waals surface area (Å²) < 4.78 is 7.94. The lowest BCUT2D eigenvalue weighted by atomic mass is 9.85. The van der Waals surface area contributed by atoms with E-state index in [4.69, 9.17) is 4.74 Å². The van der Waals surface area contributed by atoms with E-state index in [1.807, 2.05) is 23.0 Å². The van der Waals surface area contributed by atoms with Gasteiger partial charge >= 0.3 is 0 Å². The van der Waals surface area contributed by atoms with Crippen LogP contribution in [0.4, 0.5) is 0 Å². The van der Waals surface area contributed by atoms with Gasteiger partial charge < -0.3 is 4.74 Å². The zero-order valence-electron chi connectivity index (χ0n) is 14.4. The third-order valence-electron chi connectivity index (χ3n) is 3.40. The second kappa shape index (κ2) is 6.41. The minimum absolute atomic E-state index is 0.233. The fourth-order valence-electron chi connectivity index (χ4n) is 2.60. The molecule has 2 heterocycles. The summed E-state index contributed by atoms with van der Waals surface area (Å²) in [5, 5.41) is 5.49. The van der Waals surface area contributed by atoms with Gasteiger partial charge in [0, 0.05) is 11.8 Å². The monoisotopic (exact) mass is 337 g/mol. The number of benzene rings is 1. The van der Waals surface area contributed by atoms with E-state index in [1.165, 1.54) is 0 Å². The van der Waals surface area contributed by atoms with Crippen LogP contribution >= 0.6 is 9.24 Å². The van der Waals surface area contributed by atoms with Crippen molar-refractivity contribution in [2.45, 2.75) is 26.3 Å². The summed E-state index contributed by atoms with van der Waals surface area (Å²) in [6.45, 7) is 6.18. The molecule has 0 aliphatic carbocycles. The molecule has 6 heteroatoms. The molecule has 0 bridgehead atoms. The minimum Gasteiger partial charge on any atom is -0.497 e. The lowest BCUT2D eigenvalue weighted by molar-refractivity contribution is 0.198. The predicted octanol–water partition coefficient (Wildman–Crippen LogP) is 2.49. The summed E-state index contributed by atoms with van der Waals surface area (Å²) in [5.41, 5.74) is 3.93. The first-order chi connectivity index (χ1) is 11.3. The van der Waals surface area contributed by atoms with Crippen molar-refractivity contribution in [3.63, 3.8) is 0 Å². The predicted molar refractivity (Wildman–Crippen MR) is 104 cm³/mol. The minimum atomic E-state index is -0.233. The van der Waals surface area contributed by atoms with Crippen LogP contribution in [0.5, 0.6) is 5.75 Å². The first-order valence-electron chi connectivity index (χ1n) is 7.88. The highest BCUT2D eigenvalue weighted by Gasteiger charge is 2.14. The number of nitrogens with zero attached hydrogens (tertiary/aromatic N) is 3. The van der Waals surface area contributed by atoms with Gasteiger partial charge in [0.05, 0.1) is 29.3 Å². The Balaban J connectivity index is 2.06. The van der Waals surface area contributed by atoms with Gasteiger partial charge in [-0.15, -0.1) is 9.24 Å². The molecule has 3 rings (SSSR count). The van der Waals surface area contributed by atoms with Crippen LogP contribution < -0.4 is 10.0 Å². The summed E-state index contributed by atoms with van der Waals surface area (Å²) in [6, 6.07) is 10.3. The number of hydrogen-bond acceptors (Lipinski definition) is 3. The number of rotatable bonds is 4. The van der Waals surface area contributed by atoms with Crippen LogP contribution in [0.1, 0.15) is 19.4 Å². The van der Waals surface area contributed by atoms with Crippen molar-refractivity contribution in [2.75, 3.05) is 0 Å². The molecule has 3 aromatic rings. The van der Waals surface area contributed by atoms with Gasteiger partial charge in [-0.2, -0.15) is 5.10 Å². The van der Waals surface area contributed by atoms with Crippen LogP contribution in [0.3, 0.4) is 0 Å². The number of aromatic nitrogens is 3. The topological polar surface area (TPSA) is 39.9 Å². The molecule has 0 N–H and O–H groups in total. The fraction of sp³-hybridized carbons (Fsp3) is 0.222. The Labute approximate surface area is 145 Å². The highest BCUT2D eigenvalue weighted by Crippen LogP contribution is 2.28. The molecule has 122 valence electrons. The molecular weight excluding hydrogens is 316 g/mol. The van der Waals surface area contributed by atoms with Gasteiger partial charge in [0.15, 0.2) is 7.85 Å². The van der Waals surface area contributed by atoms with E-state index in [0.29, 0.717) is 0 Å². The van der Waals surface area contributed by atoms with Gasteiger partial charge in [-0.1, -0.05) is 0 Å². The van der Waals surface area contributed by atoms with Crippen LogP contribution in [0, 0.1) is 6.92 Å². The van der Waals surface area contributed by atoms with Crippen LogP contribution in [0.2, 0.25) is 0 Å². The van der Waals surface area contributed by atoms with Crippen molar-refractivity contribution in [1.82, 2.24) is 14.8 Å². The molecule has 0 saturated carbocycles. The molecule has 0 fully saturated rings. The van der Waals surface area contributed by atoms with Crippen molar-refractivity contribution in [1.29, 1.82) is 0 Å². The molecule has 0 amide bonds. The standard InChI is InChI=1S/C18H21BN3OP/c1-12-6-13(8-15(7-12)23-18(2,3)19)17-4-5-21-22(17)14-9-16(24)11-20-10-14/h4-11H,19,24H2,1-3H3. The first-order valence-corrected chi connectivity index (χ1v) is 8.45. The third-order valence-corrected chi connectivity index (χ3v) is 3.72. The zero-order chi connectivity index (χ0) is 17.3. The molecule has 2 aromatic heterocycles. The maximum absolute atomic E-state index is 6.04. The molecule has 1 unspecified atom stereocenters. The first kappa shape index (κ1) is 16.7. The van der Waals surface area contributed by atoms with Gasteiger partial charge in [-0.25, -0.2) is 4.68 Å². The van der Waals surface area contributed by atoms with E-state index in [0.717, 1.165) is 33.6 Å². The van der Waals surface area contributed by atoms with Gasteiger partial charge in [0.1, 0.15) is 5.75 Å². The molecule has 0 radical (unpaired) electrons. The van der Waals surface area contributed by atoms with Crippen molar-refractivity contribution >= 4 is 22.4 Å². The largest absolute Gasteiger partial charge is 0.497 e. The lowest BCUT2D eigenvalue weighted by Crippen LogP contribution is -2.28. The number of hydrogen-bond donors (Lipinski definition) is 0. The van der Waals surface area contributed by atoms with E-state index < -0.39 is 0 Å². The molecule has 1 atom stereocenters. The van der Waals surface area contributed by atoms with Crippen molar-refractivity contribution in [3.05, 3.63) is 54.5 Å². The third kappa shape index (κ3) is 3.85. The molecule has 24 heavy (non-hydrogen) atoms. The molecular formula is C18H21BN3OP. The molecule has 1 aromatic carbocycles. The molecule has 0 aliphatic heterocycles. The Hall–Kier alpha value is -2.13. The summed E-state index contributed by atoms with van der Waals surface area (Å²) in [6.07, 6.45) is 5.42. The summed E-state index contributed by atoms with van der Waals surface area (Å²) in [5.74, 6) is 0.864. The summed E-state index contributed by atoms with van der Waals surface area (Å²) in [7, 11) is 4.72. The van der Waals surface area contributed by atoms with Crippen molar-refractivity contribution < 1.29 is 4.74 Å². The number of aryl methyl sites for hydroxylation is 1. The second-order valence-corrected chi connectivity index (χ2v) is 7.52. The van der Waals surface area contributed by atoms with Crippen LogP contribution in [0.15, 0.2) is 48.9 Å². The Morgan fingerprint density at radius 2 is 1.96 bits per heavy atom. The van der Waals surface area contributed by atoms with Gasteiger partial charge in [-0.05, 0) is 62.0 Å². The molecule has 4 nitrogen and oxygen atoms in total. The van der Waals surface area contributed by atoms with Gasteiger partial charge in [0.25, 0.3) is 0 Å². The summed E-state index contributed by atoms with van der Waals surface area (Å²) in [4.78, 5) is 4.25. The maximum Gasteiger partial charge on any atom is 0.158 e. The van der Waals surface area contributed by atoms with Crippen LogP contribution in [-0.4, -0.2) is 28.1 Å². The van der Waals surface area contributed by atoms with Gasteiger partial charge in [-0.3, -0.25) is 4.98 Å². The molecule has 0 aliphatic rings. The van der Waals surface area contributed by atoms with Crippen LogP contribution in [-0.2, 0) is 0 Å². The number of pyridine rings is 1. The smallest absolute Gasteiger partial charge is 0.158 e. The molecule has 0 spiro atoms. The SMILES string of the molecule is BC(C)(C)Oc1cc(C)cc(-c2ccnn2-c2cncc(P)c2)c1. The highest BCUT2D eigenvalue weighted by molar-refractivity contribution is 7.27. The van der Waals surface area contributed by atoms with E-state index >= 15 is 0 Å². The van der Waals surface area contributed by atoms with Gasteiger partial charge in [0.2, 0.25) is 0 Å². The van der Waals surface area contributed by atoms with E-state index in [2.05, 4.69) is 66.1 Å². The summed E-state index contributed by atoms with van der Waals surface area (Å²) >= 11 is 0. The second-order valence-electron chi connectivity index (χ2n) is 6.85. The normalized spacial score (nSPS) is 11.5. The van der Waals surface area contributed by atoms with Crippen molar-refractivity contribution in [3.8, 4) is 22.7 Å². The average Bonchev–Trinajstić information content (AvgIpc) is 2.94.